The quantitative estimate of drug-likeness (QED) is 0.842. The van der Waals surface area contributed by atoms with Crippen molar-refractivity contribution in [2.45, 2.75) is 16.4 Å². The average molecular weight is 275 g/mol. The third kappa shape index (κ3) is 2.92. The summed E-state index contributed by atoms with van der Waals surface area (Å²) >= 11 is 0.996. The Hall–Kier alpha value is -1.77. The molecule has 0 fully saturated rings. The zero-order valence-corrected chi connectivity index (χ0v) is 9.93. The summed E-state index contributed by atoms with van der Waals surface area (Å²) < 4.78 is 37.8. The molecule has 0 unspecified atom stereocenters. The van der Waals surface area contributed by atoms with E-state index in [1.807, 2.05) is 0 Å². The van der Waals surface area contributed by atoms with Crippen molar-refractivity contribution in [1.29, 1.82) is 0 Å². The fourth-order valence-corrected chi connectivity index (χ4v) is 1.88. The van der Waals surface area contributed by atoms with Gasteiger partial charge in [0, 0.05) is 25.5 Å². The molecule has 0 aliphatic rings. The highest BCUT2D eigenvalue weighted by molar-refractivity contribution is 7.99. The van der Waals surface area contributed by atoms with E-state index in [4.69, 9.17) is 0 Å². The van der Waals surface area contributed by atoms with Crippen molar-refractivity contribution in [1.82, 2.24) is 19.9 Å². The lowest BCUT2D eigenvalue weighted by molar-refractivity contribution is -0.141. The molecule has 9 heteroatoms. The van der Waals surface area contributed by atoms with E-state index in [0.717, 1.165) is 17.8 Å². The van der Waals surface area contributed by atoms with Crippen molar-refractivity contribution in [2.75, 3.05) is 12.4 Å². The smallest absolute Gasteiger partial charge is 0.357 e. The van der Waals surface area contributed by atoms with E-state index < -0.39 is 11.9 Å². The number of alkyl halides is 3. The van der Waals surface area contributed by atoms with Gasteiger partial charge in [0.25, 0.3) is 0 Å². The molecular weight excluding hydrogens is 267 g/mol. The normalized spacial score (nSPS) is 11.6. The Kier molecular flexibility index (Phi) is 3.41. The Balaban J connectivity index is 2.35. The van der Waals surface area contributed by atoms with Crippen molar-refractivity contribution in [2.24, 2.45) is 0 Å². The molecule has 2 rings (SSSR count). The van der Waals surface area contributed by atoms with Crippen molar-refractivity contribution >= 4 is 17.7 Å². The van der Waals surface area contributed by atoms with Crippen molar-refractivity contribution in [3.63, 3.8) is 0 Å². The fourth-order valence-electron chi connectivity index (χ4n) is 1.14. The van der Waals surface area contributed by atoms with Crippen molar-refractivity contribution < 1.29 is 13.2 Å². The second-order valence-electron chi connectivity index (χ2n) is 3.16. The summed E-state index contributed by atoms with van der Waals surface area (Å²) in [5.41, 5.74) is -0.990. The first kappa shape index (κ1) is 12.7. The van der Waals surface area contributed by atoms with E-state index in [0.29, 0.717) is 5.16 Å². The molecule has 0 aliphatic heterocycles. The topological polar surface area (TPSA) is 66.5 Å². The van der Waals surface area contributed by atoms with Gasteiger partial charge < -0.3 is 10.3 Å². The monoisotopic (exact) mass is 275 g/mol. The van der Waals surface area contributed by atoms with Gasteiger partial charge in [-0.2, -0.15) is 13.2 Å². The van der Waals surface area contributed by atoms with E-state index in [1.54, 1.807) is 6.20 Å². The van der Waals surface area contributed by atoms with Gasteiger partial charge in [0.05, 0.1) is 0 Å². The van der Waals surface area contributed by atoms with Gasteiger partial charge in [0.1, 0.15) is 5.03 Å². The van der Waals surface area contributed by atoms with Crippen LogP contribution in [0.4, 0.5) is 19.1 Å². The Labute approximate surface area is 104 Å². The lowest BCUT2D eigenvalue weighted by atomic mass is 10.4. The second kappa shape index (κ2) is 4.84. The maximum Gasteiger partial charge on any atom is 0.433 e. The number of anilines is 1. The molecule has 2 aromatic rings. The minimum Gasteiger partial charge on any atom is -0.357 e. The number of imidazole rings is 1. The molecule has 0 saturated carbocycles. The summed E-state index contributed by atoms with van der Waals surface area (Å²) in [7, 11) is 1.46. The van der Waals surface area contributed by atoms with Crippen LogP contribution in [0.25, 0.3) is 0 Å². The van der Waals surface area contributed by atoms with Crippen molar-refractivity contribution in [3.8, 4) is 0 Å². The lowest BCUT2D eigenvalue weighted by Crippen LogP contribution is -2.11. The summed E-state index contributed by atoms with van der Waals surface area (Å²) in [5, 5.41) is 3.12. The third-order valence-electron chi connectivity index (χ3n) is 1.89. The highest BCUT2D eigenvalue weighted by Crippen LogP contribution is 2.32. The Morgan fingerprint density at radius 2 is 2.11 bits per heavy atom. The first-order valence-corrected chi connectivity index (χ1v) is 5.62. The van der Waals surface area contributed by atoms with Gasteiger partial charge in [-0.15, -0.1) is 0 Å². The first-order valence-electron chi connectivity index (χ1n) is 4.80. The molecule has 0 spiro atoms. The molecule has 0 atom stereocenters. The molecule has 2 N–H and O–H groups in total. The molecule has 0 bridgehead atoms. The SMILES string of the molecule is CNc1nc(Sc2ncc[nH]2)cc(C(F)(F)F)n1. The lowest BCUT2D eigenvalue weighted by Gasteiger charge is -2.09. The molecule has 0 saturated heterocycles. The number of aromatic amines is 1. The fraction of sp³-hybridized carbons (Fsp3) is 0.222. The van der Waals surface area contributed by atoms with Crippen LogP contribution in [0, 0.1) is 0 Å². The van der Waals surface area contributed by atoms with Crippen LogP contribution in [-0.2, 0) is 6.18 Å². The standard InChI is InChI=1S/C9H8F3N5S/c1-13-7-16-5(9(10,11)12)4-6(17-7)18-8-14-2-3-15-8/h2-4H,1H3,(H,14,15)(H,13,16,17). The zero-order chi connectivity index (χ0) is 13.2. The van der Waals surface area contributed by atoms with Gasteiger partial charge in [-0.25, -0.2) is 15.0 Å². The maximum atomic E-state index is 12.6. The Bertz CT molecular complexity index is 525. The maximum absolute atomic E-state index is 12.6. The average Bonchev–Trinajstić information content (AvgIpc) is 2.80. The molecule has 0 radical (unpaired) electrons. The number of rotatable bonds is 3. The van der Waals surface area contributed by atoms with Crippen LogP contribution in [-0.4, -0.2) is 27.0 Å². The van der Waals surface area contributed by atoms with Crippen LogP contribution >= 0.6 is 11.8 Å². The summed E-state index contributed by atoms with van der Waals surface area (Å²) in [4.78, 5) is 14.0. The van der Waals surface area contributed by atoms with E-state index in [-0.39, 0.29) is 11.0 Å². The molecule has 0 amide bonds. The van der Waals surface area contributed by atoms with Crippen LogP contribution in [0.2, 0.25) is 0 Å². The van der Waals surface area contributed by atoms with E-state index >= 15 is 0 Å². The van der Waals surface area contributed by atoms with E-state index in [1.165, 1.54) is 13.2 Å². The summed E-state index contributed by atoms with van der Waals surface area (Å²) in [6, 6.07) is 0.883. The molecule has 0 aromatic carbocycles. The highest BCUT2D eigenvalue weighted by Gasteiger charge is 2.33. The largest absolute Gasteiger partial charge is 0.433 e. The second-order valence-corrected chi connectivity index (χ2v) is 4.17. The molecule has 0 aliphatic carbocycles. The summed E-state index contributed by atoms with van der Waals surface area (Å²) in [5.74, 6) is -0.0844. The van der Waals surface area contributed by atoms with E-state index in [9.17, 15) is 13.2 Å². The molecule has 2 aromatic heterocycles. The van der Waals surface area contributed by atoms with Gasteiger partial charge in [0.15, 0.2) is 10.9 Å². The number of hydrogen-bond donors (Lipinski definition) is 2. The Morgan fingerprint density at radius 3 is 2.67 bits per heavy atom. The predicted molar refractivity (Wildman–Crippen MR) is 59.3 cm³/mol. The van der Waals surface area contributed by atoms with Crippen molar-refractivity contribution in [3.05, 3.63) is 24.2 Å². The number of hydrogen-bond acceptors (Lipinski definition) is 5. The summed E-state index contributed by atoms with van der Waals surface area (Å²) in [6.07, 6.45) is -1.42. The number of nitrogens with zero attached hydrogens (tertiary/aromatic N) is 3. The van der Waals surface area contributed by atoms with Crippen LogP contribution in [0.15, 0.2) is 28.6 Å². The number of H-pyrrole nitrogens is 1. The first-order chi connectivity index (χ1) is 8.49. The molecule has 96 valence electrons. The van der Waals surface area contributed by atoms with Crippen LogP contribution < -0.4 is 5.32 Å². The molecule has 5 nitrogen and oxygen atoms in total. The Morgan fingerprint density at radius 1 is 1.33 bits per heavy atom. The van der Waals surface area contributed by atoms with Gasteiger partial charge >= 0.3 is 6.18 Å². The predicted octanol–water partition coefficient (Wildman–Crippen LogP) is 2.41. The number of nitrogens with one attached hydrogen (secondary N) is 2. The molecule has 18 heavy (non-hydrogen) atoms. The minimum atomic E-state index is -4.51. The van der Waals surface area contributed by atoms with Crippen LogP contribution in [0.5, 0.6) is 0 Å². The minimum absolute atomic E-state index is 0.0844. The van der Waals surface area contributed by atoms with Gasteiger partial charge in [0.2, 0.25) is 5.95 Å². The summed E-state index contributed by atoms with van der Waals surface area (Å²) in [6.45, 7) is 0. The third-order valence-corrected chi connectivity index (χ3v) is 2.73. The van der Waals surface area contributed by atoms with Gasteiger partial charge in [-0.1, -0.05) is 0 Å². The van der Waals surface area contributed by atoms with Gasteiger partial charge in [-0.05, 0) is 11.8 Å². The number of halogens is 3. The zero-order valence-electron chi connectivity index (χ0n) is 9.12. The van der Waals surface area contributed by atoms with E-state index in [2.05, 4.69) is 25.3 Å². The number of aromatic nitrogens is 4. The molecule has 2 heterocycles. The van der Waals surface area contributed by atoms with Crippen LogP contribution in [0.1, 0.15) is 5.69 Å². The molecular formula is C9H8F3N5S. The van der Waals surface area contributed by atoms with Gasteiger partial charge in [-0.3, -0.25) is 0 Å². The van der Waals surface area contributed by atoms with Crippen LogP contribution in [0.3, 0.4) is 0 Å². The highest BCUT2D eigenvalue weighted by atomic mass is 32.2.